The summed E-state index contributed by atoms with van der Waals surface area (Å²) in [7, 11) is 6.19. The zero-order chi connectivity index (χ0) is 25.1. The van der Waals surface area contributed by atoms with Gasteiger partial charge in [-0.15, -0.1) is 0 Å². The van der Waals surface area contributed by atoms with Gasteiger partial charge in [0.2, 0.25) is 0 Å². The van der Waals surface area contributed by atoms with Crippen molar-refractivity contribution in [3.05, 3.63) is 63.8 Å². The van der Waals surface area contributed by atoms with E-state index in [4.69, 9.17) is 35.6 Å². The van der Waals surface area contributed by atoms with E-state index < -0.39 is 4.92 Å². The minimum Gasteiger partial charge on any atom is -0.493 e. The first-order valence-electron chi connectivity index (χ1n) is 10.3. The van der Waals surface area contributed by atoms with Crippen molar-refractivity contribution in [2.24, 2.45) is 0 Å². The van der Waals surface area contributed by atoms with Crippen molar-refractivity contribution in [3.8, 4) is 45.5 Å². The van der Waals surface area contributed by atoms with E-state index in [1.54, 1.807) is 57.4 Å². The SMILES string of the molecule is COc1ccc(-c2nn(Cn3ccc([N+](=O)[O-])n3)c(-c3ccc(OC)c(OC)c3)c2Cl)cc1OC. The molecule has 0 bridgehead atoms. The van der Waals surface area contributed by atoms with Crippen LogP contribution in [-0.4, -0.2) is 52.9 Å². The molecule has 2 aromatic carbocycles. The Bertz CT molecular complexity index is 1380. The summed E-state index contributed by atoms with van der Waals surface area (Å²) in [5.74, 6) is 1.88. The Morgan fingerprint density at radius 2 is 1.43 bits per heavy atom. The van der Waals surface area contributed by atoms with E-state index in [2.05, 4.69) is 5.10 Å². The summed E-state index contributed by atoms with van der Waals surface area (Å²) in [6.45, 7) is 0.0739. The van der Waals surface area contributed by atoms with Gasteiger partial charge in [-0.3, -0.25) is 0 Å². The smallest absolute Gasteiger partial charge is 0.389 e. The molecule has 0 N–H and O–H groups in total. The third-order valence-corrected chi connectivity index (χ3v) is 5.66. The lowest BCUT2D eigenvalue weighted by atomic mass is 10.1. The maximum absolute atomic E-state index is 11.1. The molecule has 0 atom stereocenters. The Balaban J connectivity index is 1.88. The summed E-state index contributed by atoms with van der Waals surface area (Å²) in [4.78, 5) is 10.5. The van der Waals surface area contributed by atoms with Gasteiger partial charge in [0.1, 0.15) is 5.69 Å². The fourth-order valence-corrected chi connectivity index (χ4v) is 3.99. The van der Waals surface area contributed by atoms with Crippen LogP contribution in [0.25, 0.3) is 22.5 Å². The number of aromatic nitrogens is 4. The molecule has 0 saturated carbocycles. The molecule has 0 fully saturated rings. The summed E-state index contributed by atoms with van der Waals surface area (Å²) >= 11 is 6.89. The zero-order valence-electron chi connectivity index (χ0n) is 19.4. The quantitative estimate of drug-likeness (QED) is 0.244. The topological polar surface area (TPSA) is 116 Å². The number of hydrogen-bond acceptors (Lipinski definition) is 8. The highest BCUT2D eigenvalue weighted by molar-refractivity contribution is 6.35. The number of hydrogen-bond donors (Lipinski definition) is 0. The van der Waals surface area contributed by atoms with E-state index in [-0.39, 0.29) is 12.5 Å². The van der Waals surface area contributed by atoms with Crippen LogP contribution < -0.4 is 18.9 Å². The average Bonchev–Trinajstić information content (AvgIpc) is 3.47. The maximum Gasteiger partial charge on any atom is 0.389 e. The number of methoxy groups -OCH3 is 4. The number of nitro groups is 1. The van der Waals surface area contributed by atoms with Gasteiger partial charge in [0.15, 0.2) is 29.7 Å². The van der Waals surface area contributed by atoms with Crippen LogP contribution in [0.2, 0.25) is 5.02 Å². The fourth-order valence-electron chi connectivity index (χ4n) is 3.63. The van der Waals surface area contributed by atoms with Crippen LogP contribution >= 0.6 is 11.6 Å². The molecular weight excluding hydrogens is 478 g/mol. The molecule has 0 aliphatic carbocycles. The predicted octanol–water partition coefficient (Wildman–Crippen LogP) is 4.52. The average molecular weight is 500 g/mol. The minimum atomic E-state index is -0.559. The lowest BCUT2D eigenvalue weighted by Gasteiger charge is -2.11. The van der Waals surface area contributed by atoms with Crippen LogP contribution in [0.3, 0.4) is 0 Å². The van der Waals surface area contributed by atoms with Crippen molar-refractivity contribution in [2.45, 2.75) is 6.67 Å². The third-order valence-electron chi connectivity index (χ3n) is 5.30. The molecule has 11 nitrogen and oxygen atoms in total. The summed E-state index contributed by atoms with van der Waals surface area (Å²) in [6, 6.07) is 12.0. The maximum atomic E-state index is 11.1. The van der Waals surface area contributed by atoms with Crippen LogP contribution in [0.1, 0.15) is 0 Å². The van der Waals surface area contributed by atoms with Crippen molar-refractivity contribution in [2.75, 3.05) is 28.4 Å². The van der Waals surface area contributed by atoms with Gasteiger partial charge in [-0.1, -0.05) is 11.6 Å². The molecule has 0 spiro atoms. The van der Waals surface area contributed by atoms with Crippen LogP contribution in [0.4, 0.5) is 5.82 Å². The van der Waals surface area contributed by atoms with Crippen LogP contribution in [0.15, 0.2) is 48.7 Å². The molecule has 2 heterocycles. The van der Waals surface area contributed by atoms with Gasteiger partial charge in [0, 0.05) is 11.1 Å². The first kappa shape index (κ1) is 23.9. The Kier molecular flexibility index (Phi) is 6.78. The molecule has 12 heteroatoms. The molecule has 182 valence electrons. The molecule has 0 aliphatic heterocycles. The van der Waals surface area contributed by atoms with E-state index in [1.807, 2.05) is 12.1 Å². The van der Waals surface area contributed by atoms with Gasteiger partial charge in [-0.2, -0.15) is 9.78 Å². The number of benzene rings is 2. The van der Waals surface area contributed by atoms with Crippen molar-refractivity contribution in [1.82, 2.24) is 19.6 Å². The largest absolute Gasteiger partial charge is 0.493 e. The van der Waals surface area contributed by atoms with Crippen LogP contribution in [0, 0.1) is 10.1 Å². The monoisotopic (exact) mass is 499 g/mol. The molecule has 0 aliphatic rings. The molecule has 35 heavy (non-hydrogen) atoms. The molecule has 0 saturated heterocycles. The Hall–Kier alpha value is -4.25. The second-order valence-corrected chi connectivity index (χ2v) is 7.64. The van der Waals surface area contributed by atoms with Gasteiger partial charge in [0.05, 0.1) is 56.5 Å². The number of nitrogens with zero attached hydrogens (tertiary/aromatic N) is 5. The number of ether oxygens (including phenoxy) is 4. The van der Waals surface area contributed by atoms with Crippen molar-refractivity contribution in [3.63, 3.8) is 0 Å². The second kappa shape index (κ2) is 9.94. The molecule has 0 unspecified atom stereocenters. The summed E-state index contributed by atoms with van der Waals surface area (Å²) in [5, 5.41) is 20.2. The predicted molar refractivity (Wildman–Crippen MR) is 129 cm³/mol. The minimum absolute atomic E-state index is 0.0739. The Morgan fingerprint density at radius 3 is 1.97 bits per heavy atom. The number of halogens is 1. The Labute approximate surface area is 205 Å². The molecule has 4 rings (SSSR count). The second-order valence-electron chi connectivity index (χ2n) is 7.26. The van der Waals surface area contributed by atoms with Gasteiger partial charge in [-0.25, -0.2) is 4.68 Å². The van der Waals surface area contributed by atoms with Crippen molar-refractivity contribution < 1.29 is 23.9 Å². The fraction of sp³-hybridized carbons (Fsp3) is 0.217. The summed E-state index contributed by atoms with van der Waals surface area (Å²) in [6.07, 6.45) is 1.50. The zero-order valence-corrected chi connectivity index (χ0v) is 20.1. The van der Waals surface area contributed by atoms with Crippen LogP contribution in [0.5, 0.6) is 23.0 Å². The molecule has 4 aromatic rings. The lowest BCUT2D eigenvalue weighted by molar-refractivity contribution is -0.389. The molecule has 0 amide bonds. The third kappa shape index (κ3) is 4.58. The van der Waals surface area contributed by atoms with E-state index in [9.17, 15) is 10.1 Å². The Morgan fingerprint density at radius 1 is 0.857 bits per heavy atom. The van der Waals surface area contributed by atoms with E-state index >= 15 is 0 Å². The standard InChI is InChI=1S/C23H22ClN5O6/c1-32-16-7-5-14(11-18(16)34-3)22-21(24)23(15-6-8-17(33-2)19(12-15)35-4)28(26-22)13-27-10-9-20(25-27)29(30)31/h5-12H,13H2,1-4H3. The van der Waals surface area contributed by atoms with Crippen LogP contribution in [-0.2, 0) is 6.67 Å². The van der Waals surface area contributed by atoms with Crippen molar-refractivity contribution in [1.29, 1.82) is 0 Å². The molecular formula is C23H22ClN5O6. The van der Waals surface area contributed by atoms with E-state index in [0.29, 0.717) is 50.5 Å². The van der Waals surface area contributed by atoms with Gasteiger partial charge in [-0.05, 0) is 41.3 Å². The summed E-state index contributed by atoms with van der Waals surface area (Å²) < 4.78 is 24.6. The highest BCUT2D eigenvalue weighted by Gasteiger charge is 2.23. The first-order chi connectivity index (χ1) is 16.9. The molecule has 2 aromatic heterocycles. The van der Waals surface area contributed by atoms with Crippen molar-refractivity contribution >= 4 is 17.4 Å². The normalized spacial score (nSPS) is 10.8. The lowest BCUT2D eigenvalue weighted by Crippen LogP contribution is -2.12. The van der Waals surface area contributed by atoms with E-state index in [1.165, 1.54) is 16.9 Å². The van der Waals surface area contributed by atoms with Gasteiger partial charge in [0.25, 0.3) is 0 Å². The number of rotatable bonds is 9. The summed E-state index contributed by atoms with van der Waals surface area (Å²) in [5.41, 5.74) is 2.45. The highest BCUT2D eigenvalue weighted by Crippen LogP contribution is 2.41. The van der Waals surface area contributed by atoms with Gasteiger partial charge < -0.3 is 29.1 Å². The highest BCUT2D eigenvalue weighted by atomic mass is 35.5. The van der Waals surface area contributed by atoms with E-state index in [0.717, 1.165) is 0 Å². The molecule has 0 radical (unpaired) electrons. The first-order valence-corrected chi connectivity index (χ1v) is 10.7. The van der Waals surface area contributed by atoms with Gasteiger partial charge >= 0.3 is 5.82 Å².